The third-order valence-corrected chi connectivity index (χ3v) is 6.08. The summed E-state index contributed by atoms with van der Waals surface area (Å²) in [4.78, 5) is 28.7. The van der Waals surface area contributed by atoms with Gasteiger partial charge in [0.05, 0.1) is 11.3 Å². The number of esters is 1. The number of pyridine rings is 1. The third kappa shape index (κ3) is 2.85. The highest BCUT2D eigenvalue weighted by molar-refractivity contribution is 7.90. The van der Waals surface area contributed by atoms with Crippen LogP contribution >= 0.6 is 0 Å². The van der Waals surface area contributed by atoms with Crippen LogP contribution in [0, 0.1) is 6.92 Å². The second kappa shape index (κ2) is 6.20. The number of carbonyl (C=O) groups excluding carboxylic acids is 2. The van der Waals surface area contributed by atoms with Crippen molar-refractivity contribution in [3.8, 4) is 0 Å². The molecule has 0 saturated heterocycles. The van der Waals surface area contributed by atoms with Crippen molar-refractivity contribution < 1.29 is 22.7 Å². The number of nitrogens with zero attached hydrogens (tertiary/aromatic N) is 3. The molecule has 1 aliphatic rings. The van der Waals surface area contributed by atoms with Crippen LogP contribution < -0.4 is 0 Å². The smallest absolute Gasteiger partial charge is 0.327 e. The SMILES string of the molecule is Cc1cccn2cc(COC(=O)CN3C(=O)c4ccccc4S3(=O)=O)nc12. The molecule has 0 spiro atoms. The van der Waals surface area contributed by atoms with Crippen LogP contribution in [0.15, 0.2) is 53.7 Å². The highest BCUT2D eigenvalue weighted by atomic mass is 32.2. The average molecular weight is 385 g/mol. The van der Waals surface area contributed by atoms with Crippen molar-refractivity contribution in [2.24, 2.45) is 0 Å². The molecule has 9 heteroatoms. The number of imidazole rings is 1. The largest absolute Gasteiger partial charge is 0.458 e. The number of ether oxygens (including phenoxy) is 1. The van der Waals surface area contributed by atoms with E-state index in [0.717, 1.165) is 11.2 Å². The lowest BCUT2D eigenvalue weighted by molar-refractivity contribution is -0.144. The van der Waals surface area contributed by atoms with Gasteiger partial charge in [0.1, 0.15) is 23.7 Å². The molecule has 4 rings (SSSR count). The van der Waals surface area contributed by atoms with Crippen LogP contribution in [-0.2, 0) is 26.2 Å². The van der Waals surface area contributed by atoms with Crippen LogP contribution in [0.2, 0.25) is 0 Å². The first-order valence-electron chi connectivity index (χ1n) is 8.13. The van der Waals surface area contributed by atoms with Gasteiger partial charge in [0.2, 0.25) is 0 Å². The fourth-order valence-electron chi connectivity index (χ4n) is 2.98. The second-order valence-electron chi connectivity index (χ2n) is 6.13. The number of sulfonamides is 1. The van der Waals surface area contributed by atoms with Gasteiger partial charge in [0.25, 0.3) is 15.9 Å². The maximum Gasteiger partial charge on any atom is 0.327 e. The van der Waals surface area contributed by atoms with Gasteiger partial charge in [0, 0.05) is 12.4 Å². The summed E-state index contributed by atoms with van der Waals surface area (Å²) < 4.78 is 32.4. The van der Waals surface area contributed by atoms with Crippen LogP contribution in [0.25, 0.3) is 5.65 Å². The lowest BCUT2D eigenvalue weighted by Crippen LogP contribution is -2.35. The number of aryl methyl sites for hydroxylation is 1. The third-order valence-electron chi connectivity index (χ3n) is 4.29. The minimum Gasteiger partial charge on any atom is -0.458 e. The van der Waals surface area contributed by atoms with Gasteiger partial charge in [-0.05, 0) is 30.7 Å². The van der Waals surface area contributed by atoms with Crippen molar-refractivity contribution in [2.75, 3.05) is 6.54 Å². The monoisotopic (exact) mass is 385 g/mol. The van der Waals surface area contributed by atoms with Gasteiger partial charge in [0.15, 0.2) is 0 Å². The summed E-state index contributed by atoms with van der Waals surface area (Å²) in [6.07, 6.45) is 3.55. The lowest BCUT2D eigenvalue weighted by Gasteiger charge is -2.13. The highest BCUT2D eigenvalue weighted by Gasteiger charge is 2.42. The molecule has 3 aromatic rings. The van der Waals surface area contributed by atoms with Gasteiger partial charge in [-0.15, -0.1) is 0 Å². The Morgan fingerprint density at radius 2 is 1.96 bits per heavy atom. The molecule has 3 heterocycles. The van der Waals surface area contributed by atoms with Crippen molar-refractivity contribution in [3.63, 3.8) is 0 Å². The Labute approximate surface area is 155 Å². The Hall–Kier alpha value is -3.20. The molecule has 0 bridgehead atoms. The van der Waals surface area contributed by atoms with Crippen LogP contribution in [0.4, 0.5) is 0 Å². The van der Waals surface area contributed by atoms with E-state index >= 15 is 0 Å². The second-order valence-corrected chi connectivity index (χ2v) is 7.96. The molecule has 0 aliphatic carbocycles. The number of hydrogen-bond acceptors (Lipinski definition) is 6. The molecule has 1 aliphatic heterocycles. The molecular weight excluding hydrogens is 370 g/mol. The van der Waals surface area contributed by atoms with Gasteiger partial charge in [-0.3, -0.25) is 9.59 Å². The zero-order valence-electron chi connectivity index (χ0n) is 14.3. The molecule has 1 aromatic carbocycles. The molecule has 0 radical (unpaired) electrons. The number of fused-ring (bicyclic) bond motifs is 2. The van der Waals surface area contributed by atoms with E-state index in [-0.39, 0.29) is 17.1 Å². The van der Waals surface area contributed by atoms with Crippen molar-refractivity contribution >= 4 is 27.5 Å². The molecule has 8 nitrogen and oxygen atoms in total. The first-order valence-corrected chi connectivity index (χ1v) is 9.57. The minimum atomic E-state index is -4.04. The van der Waals surface area contributed by atoms with Crippen molar-refractivity contribution in [1.82, 2.24) is 13.7 Å². The van der Waals surface area contributed by atoms with Crippen LogP contribution in [0.1, 0.15) is 21.6 Å². The van der Waals surface area contributed by atoms with Gasteiger partial charge < -0.3 is 9.14 Å². The number of benzene rings is 1. The van der Waals surface area contributed by atoms with Crippen LogP contribution in [0.3, 0.4) is 0 Å². The van der Waals surface area contributed by atoms with Gasteiger partial charge in [-0.2, -0.15) is 0 Å². The predicted molar refractivity (Wildman–Crippen MR) is 94.4 cm³/mol. The zero-order valence-corrected chi connectivity index (χ0v) is 15.1. The lowest BCUT2D eigenvalue weighted by atomic mass is 10.2. The fourth-order valence-corrected chi connectivity index (χ4v) is 4.49. The number of carbonyl (C=O) groups is 2. The molecule has 0 fully saturated rings. The molecule has 0 saturated carbocycles. The number of aromatic nitrogens is 2. The van der Waals surface area contributed by atoms with E-state index in [2.05, 4.69) is 4.98 Å². The summed E-state index contributed by atoms with van der Waals surface area (Å²) >= 11 is 0. The standard InChI is InChI=1S/C18H15N3O5S/c1-12-5-4-8-20-9-13(19-17(12)20)11-26-16(22)10-21-18(23)14-6-2-3-7-15(14)27(21,24)25/h2-9H,10-11H2,1H3. The summed E-state index contributed by atoms with van der Waals surface area (Å²) in [5.74, 6) is -1.56. The Kier molecular flexibility index (Phi) is 3.96. The Morgan fingerprint density at radius 3 is 2.70 bits per heavy atom. The first-order chi connectivity index (χ1) is 12.9. The minimum absolute atomic E-state index is 0.0566. The zero-order chi connectivity index (χ0) is 19.2. The Morgan fingerprint density at radius 1 is 1.19 bits per heavy atom. The topological polar surface area (TPSA) is 98.0 Å². The molecule has 0 unspecified atom stereocenters. The molecule has 27 heavy (non-hydrogen) atoms. The van der Waals surface area contributed by atoms with E-state index in [1.165, 1.54) is 18.2 Å². The molecule has 0 N–H and O–H groups in total. The Bertz CT molecular complexity index is 1180. The number of amides is 1. The predicted octanol–water partition coefficient (Wildman–Crippen LogP) is 1.53. The number of hydrogen-bond donors (Lipinski definition) is 0. The molecular formula is C18H15N3O5S. The van der Waals surface area contributed by atoms with Crippen LogP contribution in [-0.4, -0.2) is 40.5 Å². The summed E-state index contributed by atoms with van der Waals surface area (Å²) in [7, 11) is -4.04. The summed E-state index contributed by atoms with van der Waals surface area (Å²) in [6, 6.07) is 9.64. The average Bonchev–Trinajstić information content (AvgIpc) is 3.15. The fraction of sp³-hybridized carbons (Fsp3) is 0.167. The normalized spacial score (nSPS) is 15.1. The maximum absolute atomic E-state index is 12.4. The summed E-state index contributed by atoms with van der Waals surface area (Å²) in [6.45, 7) is 1.12. The molecule has 2 aromatic heterocycles. The van der Waals surface area contributed by atoms with Crippen molar-refractivity contribution in [3.05, 3.63) is 65.6 Å². The van der Waals surface area contributed by atoms with Crippen molar-refractivity contribution in [1.29, 1.82) is 0 Å². The molecule has 1 amide bonds. The maximum atomic E-state index is 12.4. The van der Waals surface area contributed by atoms with E-state index < -0.39 is 28.4 Å². The van der Waals surface area contributed by atoms with Gasteiger partial charge in [-0.1, -0.05) is 18.2 Å². The molecule has 0 atom stereocenters. The van der Waals surface area contributed by atoms with E-state index in [9.17, 15) is 18.0 Å². The van der Waals surface area contributed by atoms with Gasteiger partial charge in [-0.25, -0.2) is 17.7 Å². The van der Waals surface area contributed by atoms with Crippen LogP contribution in [0.5, 0.6) is 0 Å². The van der Waals surface area contributed by atoms with E-state index in [1.54, 1.807) is 12.3 Å². The van der Waals surface area contributed by atoms with E-state index in [4.69, 9.17) is 4.74 Å². The van der Waals surface area contributed by atoms with Gasteiger partial charge >= 0.3 is 5.97 Å². The van der Waals surface area contributed by atoms with E-state index in [1.807, 2.05) is 29.7 Å². The Balaban J connectivity index is 1.47. The quantitative estimate of drug-likeness (QED) is 0.632. The summed E-state index contributed by atoms with van der Waals surface area (Å²) in [5.41, 5.74) is 2.30. The summed E-state index contributed by atoms with van der Waals surface area (Å²) in [5, 5.41) is 0. The first kappa shape index (κ1) is 17.2. The van der Waals surface area contributed by atoms with Crippen molar-refractivity contribution in [2.45, 2.75) is 18.4 Å². The highest BCUT2D eigenvalue weighted by Crippen LogP contribution is 2.29. The van der Waals surface area contributed by atoms with E-state index in [0.29, 0.717) is 10.00 Å². The number of rotatable bonds is 4. The molecule has 138 valence electrons.